The van der Waals surface area contributed by atoms with Crippen molar-refractivity contribution >= 4 is 11.6 Å². The second-order valence-corrected chi connectivity index (χ2v) is 5.49. The number of carbonyl (C=O) groups is 1. The zero-order valence-corrected chi connectivity index (χ0v) is 13.4. The van der Waals surface area contributed by atoms with Crippen molar-refractivity contribution in [2.45, 2.75) is 20.3 Å². The van der Waals surface area contributed by atoms with Gasteiger partial charge in [0.25, 0.3) is 5.56 Å². The van der Waals surface area contributed by atoms with E-state index < -0.39 is 0 Å². The summed E-state index contributed by atoms with van der Waals surface area (Å²) in [5.74, 6) is 0.280. The average molecular weight is 323 g/mol. The van der Waals surface area contributed by atoms with Gasteiger partial charge < -0.3 is 15.3 Å². The van der Waals surface area contributed by atoms with Crippen LogP contribution in [-0.4, -0.2) is 25.8 Å². The minimum absolute atomic E-state index is 0.0545. The molecule has 0 bridgehead atoms. The molecule has 3 rings (SSSR count). The number of rotatable bonds is 4. The van der Waals surface area contributed by atoms with E-state index in [0.29, 0.717) is 22.8 Å². The van der Waals surface area contributed by atoms with Gasteiger partial charge in [-0.05, 0) is 31.5 Å². The first-order chi connectivity index (χ1) is 11.5. The molecule has 0 saturated heterocycles. The summed E-state index contributed by atoms with van der Waals surface area (Å²) < 4.78 is 0. The number of anilines is 1. The van der Waals surface area contributed by atoms with Crippen LogP contribution in [0.3, 0.4) is 0 Å². The maximum Gasteiger partial charge on any atom is 0.254 e. The lowest BCUT2D eigenvalue weighted by Gasteiger charge is -2.08. The number of amides is 1. The van der Waals surface area contributed by atoms with Gasteiger partial charge in [-0.25, -0.2) is 9.97 Å². The largest absolute Gasteiger partial charge is 0.345 e. The van der Waals surface area contributed by atoms with Crippen LogP contribution < -0.4 is 10.9 Å². The molecule has 2 aromatic heterocycles. The minimum atomic E-state index is -0.218. The number of nitrogens with zero attached hydrogens (tertiary/aromatic N) is 2. The maximum atomic E-state index is 12.2. The molecular formula is C17H17N5O2. The van der Waals surface area contributed by atoms with Crippen LogP contribution in [0.4, 0.5) is 5.69 Å². The van der Waals surface area contributed by atoms with E-state index in [1.54, 1.807) is 26.4 Å². The van der Waals surface area contributed by atoms with Crippen LogP contribution in [-0.2, 0) is 11.2 Å². The first kappa shape index (κ1) is 15.7. The van der Waals surface area contributed by atoms with Gasteiger partial charge in [0.05, 0.1) is 30.3 Å². The number of carbonyl (C=O) groups excluding carboxylic acids is 1. The number of nitrogens with one attached hydrogen (secondary N) is 3. The molecule has 3 N–H and O–H groups in total. The molecule has 0 aliphatic heterocycles. The van der Waals surface area contributed by atoms with Crippen LogP contribution >= 0.6 is 0 Å². The first-order valence-electron chi connectivity index (χ1n) is 7.48. The summed E-state index contributed by atoms with van der Waals surface area (Å²) in [6.07, 6.45) is 3.40. The molecule has 0 fully saturated rings. The van der Waals surface area contributed by atoms with Crippen LogP contribution in [0.2, 0.25) is 0 Å². The highest BCUT2D eigenvalue weighted by molar-refractivity contribution is 5.92. The molecule has 0 unspecified atom stereocenters. The molecule has 0 atom stereocenters. The number of aromatic amines is 2. The molecule has 7 heteroatoms. The predicted molar refractivity (Wildman–Crippen MR) is 90.7 cm³/mol. The number of hydrogen-bond acceptors (Lipinski definition) is 4. The Hall–Kier alpha value is -3.22. The predicted octanol–water partition coefficient (Wildman–Crippen LogP) is 1.96. The van der Waals surface area contributed by atoms with Gasteiger partial charge in [-0.2, -0.15) is 0 Å². The summed E-state index contributed by atoms with van der Waals surface area (Å²) in [4.78, 5) is 37.8. The highest BCUT2D eigenvalue weighted by Crippen LogP contribution is 2.18. The second-order valence-electron chi connectivity index (χ2n) is 5.49. The zero-order chi connectivity index (χ0) is 17.1. The third-order valence-corrected chi connectivity index (χ3v) is 3.68. The Kier molecular flexibility index (Phi) is 4.24. The van der Waals surface area contributed by atoms with Gasteiger partial charge >= 0.3 is 0 Å². The van der Waals surface area contributed by atoms with Crippen molar-refractivity contribution < 1.29 is 4.79 Å². The van der Waals surface area contributed by atoms with Gasteiger partial charge in [0, 0.05) is 11.3 Å². The highest BCUT2D eigenvalue weighted by Gasteiger charge is 2.11. The summed E-state index contributed by atoms with van der Waals surface area (Å²) in [5.41, 5.74) is 3.31. The molecule has 7 nitrogen and oxygen atoms in total. The third kappa shape index (κ3) is 3.40. The molecule has 2 heterocycles. The van der Waals surface area contributed by atoms with Crippen molar-refractivity contribution in [3.05, 3.63) is 64.2 Å². The van der Waals surface area contributed by atoms with Gasteiger partial charge in [-0.15, -0.1) is 0 Å². The van der Waals surface area contributed by atoms with Crippen LogP contribution in [0, 0.1) is 13.8 Å². The first-order valence-corrected chi connectivity index (χ1v) is 7.48. The van der Waals surface area contributed by atoms with Crippen molar-refractivity contribution in [1.82, 2.24) is 19.9 Å². The number of benzene rings is 1. The monoisotopic (exact) mass is 323 g/mol. The Balaban J connectivity index is 1.70. The Morgan fingerprint density at radius 2 is 1.96 bits per heavy atom. The van der Waals surface area contributed by atoms with Crippen molar-refractivity contribution in [1.29, 1.82) is 0 Å². The van der Waals surface area contributed by atoms with E-state index in [2.05, 4.69) is 25.3 Å². The fourth-order valence-corrected chi connectivity index (χ4v) is 2.38. The zero-order valence-electron chi connectivity index (χ0n) is 13.4. The van der Waals surface area contributed by atoms with Gasteiger partial charge in [-0.3, -0.25) is 9.59 Å². The summed E-state index contributed by atoms with van der Waals surface area (Å²) in [6, 6.07) is 7.42. The maximum absolute atomic E-state index is 12.2. The van der Waals surface area contributed by atoms with Crippen molar-refractivity contribution in [3.8, 4) is 11.3 Å². The number of aromatic nitrogens is 4. The van der Waals surface area contributed by atoms with Crippen LogP contribution in [0.25, 0.3) is 11.3 Å². The number of aryl methyl sites for hydroxylation is 1. The van der Waals surface area contributed by atoms with Crippen molar-refractivity contribution in [2.75, 3.05) is 5.32 Å². The van der Waals surface area contributed by atoms with E-state index in [9.17, 15) is 9.59 Å². The Bertz CT molecular complexity index is 911. The van der Waals surface area contributed by atoms with Crippen LogP contribution in [0.1, 0.15) is 17.1 Å². The number of H-pyrrole nitrogens is 2. The minimum Gasteiger partial charge on any atom is -0.345 e. The molecule has 0 aliphatic rings. The van der Waals surface area contributed by atoms with Gasteiger partial charge in [0.1, 0.15) is 5.82 Å². The fourth-order valence-electron chi connectivity index (χ4n) is 2.38. The molecular weight excluding hydrogens is 306 g/mol. The summed E-state index contributed by atoms with van der Waals surface area (Å²) in [7, 11) is 0. The summed E-state index contributed by atoms with van der Waals surface area (Å²) >= 11 is 0. The summed E-state index contributed by atoms with van der Waals surface area (Å²) in [6.45, 7) is 3.35. The number of hydrogen-bond donors (Lipinski definition) is 3. The Morgan fingerprint density at radius 3 is 2.62 bits per heavy atom. The van der Waals surface area contributed by atoms with Crippen molar-refractivity contribution in [3.63, 3.8) is 0 Å². The lowest BCUT2D eigenvalue weighted by Crippen LogP contribution is -2.21. The molecule has 0 spiro atoms. The molecule has 0 radical (unpaired) electrons. The smallest absolute Gasteiger partial charge is 0.254 e. The fraction of sp³-hybridized carbons (Fsp3) is 0.176. The van der Waals surface area contributed by atoms with Crippen LogP contribution in [0.5, 0.6) is 0 Å². The molecule has 1 amide bonds. The Morgan fingerprint density at radius 1 is 1.21 bits per heavy atom. The SMILES string of the molecule is Cc1nc(CC(=O)Nc2ccc(-c3cnc[nH]3)cc2)c(C)c(=O)[nH]1. The topological polar surface area (TPSA) is 104 Å². The molecule has 122 valence electrons. The quantitative estimate of drug-likeness (QED) is 0.682. The summed E-state index contributed by atoms with van der Waals surface area (Å²) in [5, 5.41) is 2.81. The Labute approximate surface area is 138 Å². The average Bonchev–Trinajstić information content (AvgIpc) is 3.07. The lowest BCUT2D eigenvalue weighted by atomic mass is 10.1. The van der Waals surface area contributed by atoms with E-state index in [1.807, 2.05) is 24.3 Å². The molecule has 24 heavy (non-hydrogen) atoms. The van der Waals surface area contributed by atoms with E-state index >= 15 is 0 Å². The standard InChI is InChI=1S/C17H17N5O2/c1-10-14(20-11(2)21-17(10)24)7-16(23)22-13-5-3-12(4-6-13)15-8-18-9-19-15/h3-6,8-9H,7H2,1-2H3,(H,18,19)(H,22,23)(H,20,21,24). The molecule has 1 aromatic carbocycles. The normalized spacial score (nSPS) is 10.6. The molecule has 0 saturated carbocycles. The third-order valence-electron chi connectivity index (χ3n) is 3.68. The van der Waals surface area contributed by atoms with Gasteiger partial charge in [0.15, 0.2) is 0 Å². The van der Waals surface area contributed by atoms with E-state index in [1.165, 1.54) is 0 Å². The van der Waals surface area contributed by atoms with Crippen LogP contribution in [0.15, 0.2) is 41.6 Å². The van der Waals surface area contributed by atoms with E-state index in [-0.39, 0.29) is 17.9 Å². The van der Waals surface area contributed by atoms with Gasteiger partial charge in [-0.1, -0.05) is 12.1 Å². The molecule has 0 aliphatic carbocycles. The second kappa shape index (κ2) is 6.49. The number of imidazole rings is 1. The highest BCUT2D eigenvalue weighted by atomic mass is 16.1. The molecule has 3 aromatic rings. The van der Waals surface area contributed by atoms with Gasteiger partial charge in [0.2, 0.25) is 5.91 Å². The van der Waals surface area contributed by atoms with E-state index in [4.69, 9.17) is 0 Å². The lowest BCUT2D eigenvalue weighted by molar-refractivity contribution is -0.115. The van der Waals surface area contributed by atoms with E-state index in [0.717, 1.165) is 11.3 Å². The van der Waals surface area contributed by atoms with Crippen molar-refractivity contribution in [2.24, 2.45) is 0 Å².